The number of carboxylic acid groups (broad SMARTS) is 1. The third kappa shape index (κ3) is 2.33. The van der Waals surface area contributed by atoms with E-state index in [-0.39, 0.29) is 5.56 Å². The van der Waals surface area contributed by atoms with Gasteiger partial charge in [0.2, 0.25) is 0 Å². The van der Waals surface area contributed by atoms with E-state index in [0.29, 0.717) is 10.6 Å². The highest BCUT2D eigenvalue weighted by molar-refractivity contribution is 6.31. The number of nitrogens with two attached hydrogens (primary N) is 1. The summed E-state index contributed by atoms with van der Waals surface area (Å²) >= 11 is 5.86. The zero-order valence-corrected chi connectivity index (χ0v) is 9.75. The first-order valence-electron chi connectivity index (χ1n) is 4.79. The second-order valence-electron chi connectivity index (χ2n) is 3.72. The SMILES string of the molecule is Cc1c(Cl)ccc(F)c1[C@@H](C)[C@H](N)C(=O)O. The highest BCUT2D eigenvalue weighted by atomic mass is 35.5. The van der Waals surface area contributed by atoms with Gasteiger partial charge >= 0.3 is 5.97 Å². The second kappa shape index (κ2) is 4.80. The minimum absolute atomic E-state index is 0.266. The molecule has 3 nitrogen and oxygen atoms in total. The molecule has 0 aliphatic heterocycles. The van der Waals surface area contributed by atoms with Crippen molar-refractivity contribution in [1.82, 2.24) is 0 Å². The van der Waals surface area contributed by atoms with E-state index in [1.165, 1.54) is 12.1 Å². The van der Waals surface area contributed by atoms with Crippen LogP contribution in [0.15, 0.2) is 12.1 Å². The molecule has 0 radical (unpaired) electrons. The Kier molecular flexibility index (Phi) is 3.88. The van der Waals surface area contributed by atoms with Gasteiger partial charge in [-0.2, -0.15) is 0 Å². The van der Waals surface area contributed by atoms with Gasteiger partial charge in [0.05, 0.1) is 0 Å². The summed E-state index contributed by atoms with van der Waals surface area (Å²) in [5.41, 5.74) is 6.27. The van der Waals surface area contributed by atoms with Crippen LogP contribution >= 0.6 is 11.6 Å². The number of carboxylic acids is 1. The van der Waals surface area contributed by atoms with Crippen LogP contribution in [-0.4, -0.2) is 17.1 Å². The van der Waals surface area contributed by atoms with E-state index < -0.39 is 23.7 Å². The molecule has 0 fully saturated rings. The average Bonchev–Trinajstić information content (AvgIpc) is 2.22. The van der Waals surface area contributed by atoms with Crippen LogP contribution in [0.25, 0.3) is 0 Å². The van der Waals surface area contributed by atoms with Gasteiger partial charge in [-0.1, -0.05) is 18.5 Å². The van der Waals surface area contributed by atoms with Crippen LogP contribution < -0.4 is 5.73 Å². The molecule has 1 aromatic carbocycles. The smallest absolute Gasteiger partial charge is 0.321 e. The van der Waals surface area contributed by atoms with Gasteiger partial charge in [0.15, 0.2) is 0 Å². The molecule has 1 rings (SSSR count). The lowest BCUT2D eigenvalue weighted by Gasteiger charge is -2.19. The quantitative estimate of drug-likeness (QED) is 0.859. The van der Waals surface area contributed by atoms with E-state index in [1.54, 1.807) is 13.8 Å². The van der Waals surface area contributed by atoms with E-state index >= 15 is 0 Å². The summed E-state index contributed by atoms with van der Waals surface area (Å²) in [5.74, 6) is -2.27. The Morgan fingerprint density at radius 3 is 2.62 bits per heavy atom. The Balaban J connectivity index is 3.22. The Labute approximate surface area is 98.0 Å². The predicted molar refractivity (Wildman–Crippen MR) is 60.2 cm³/mol. The number of hydrogen-bond donors (Lipinski definition) is 2. The van der Waals surface area contributed by atoms with Gasteiger partial charge in [-0.25, -0.2) is 4.39 Å². The van der Waals surface area contributed by atoms with Crippen molar-refractivity contribution in [1.29, 1.82) is 0 Å². The average molecular weight is 246 g/mol. The van der Waals surface area contributed by atoms with Crippen LogP contribution in [0.4, 0.5) is 4.39 Å². The first-order valence-corrected chi connectivity index (χ1v) is 5.17. The van der Waals surface area contributed by atoms with Gasteiger partial charge in [-0.05, 0) is 30.2 Å². The molecule has 0 aromatic heterocycles. The third-order valence-corrected chi connectivity index (χ3v) is 3.08. The molecule has 2 atom stereocenters. The molecule has 0 bridgehead atoms. The van der Waals surface area contributed by atoms with Crippen LogP contribution in [0.5, 0.6) is 0 Å². The minimum atomic E-state index is -1.16. The molecule has 0 heterocycles. The lowest BCUT2D eigenvalue weighted by atomic mass is 9.90. The summed E-state index contributed by atoms with van der Waals surface area (Å²) in [6.07, 6.45) is 0. The Morgan fingerprint density at radius 1 is 1.56 bits per heavy atom. The molecule has 3 N–H and O–H groups in total. The molecule has 0 saturated carbocycles. The lowest BCUT2D eigenvalue weighted by molar-refractivity contribution is -0.139. The number of aliphatic carboxylic acids is 1. The molecule has 5 heteroatoms. The van der Waals surface area contributed by atoms with Gasteiger partial charge in [0.25, 0.3) is 0 Å². The largest absolute Gasteiger partial charge is 0.480 e. The Bertz CT molecular complexity index is 423. The fourth-order valence-electron chi connectivity index (χ4n) is 1.62. The summed E-state index contributed by atoms with van der Waals surface area (Å²) in [7, 11) is 0. The normalized spacial score (nSPS) is 14.6. The molecule has 88 valence electrons. The van der Waals surface area contributed by atoms with Gasteiger partial charge < -0.3 is 10.8 Å². The Morgan fingerprint density at radius 2 is 2.12 bits per heavy atom. The van der Waals surface area contributed by atoms with Crippen LogP contribution in [0, 0.1) is 12.7 Å². The number of hydrogen-bond acceptors (Lipinski definition) is 2. The van der Waals surface area contributed by atoms with Crippen molar-refractivity contribution in [2.75, 3.05) is 0 Å². The summed E-state index contributed by atoms with van der Waals surface area (Å²) in [6, 6.07) is 1.51. The fourth-order valence-corrected chi connectivity index (χ4v) is 1.79. The monoisotopic (exact) mass is 245 g/mol. The van der Waals surface area contributed by atoms with Gasteiger partial charge in [-0.15, -0.1) is 0 Å². The zero-order valence-electron chi connectivity index (χ0n) is 9.00. The second-order valence-corrected chi connectivity index (χ2v) is 4.13. The van der Waals surface area contributed by atoms with E-state index in [0.717, 1.165) is 0 Å². The van der Waals surface area contributed by atoms with E-state index in [9.17, 15) is 9.18 Å². The summed E-state index contributed by atoms with van der Waals surface area (Å²) in [6.45, 7) is 3.21. The van der Waals surface area contributed by atoms with Crippen molar-refractivity contribution in [3.8, 4) is 0 Å². The van der Waals surface area contributed by atoms with Gasteiger partial charge in [0, 0.05) is 10.9 Å². The van der Waals surface area contributed by atoms with Gasteiger partial charge in [0.1, 0.15) is 11.9 Å². The first-order chi connectivity index (χ1) is 7.36. The maximum Gasteiger partial charge on any atom is 0.321 e. The fraction of sp³-hybridized carbons (Fsp3) is 0.364. The zero-order chi connectivity index (χ0) is 12.5. The van der Waals surface area contributed by atoms with E-state index in [2.05, 4.69) is 0 Å². The standard InChI is InChI=1S/C11H13ClFNO2/c1-5-7(12)3-4-8(13)9(5)6(2)10(14)11(15)16/h3-4,6,10H,14H2,1-2H3,(H,15,16)/t6-,10+/m1/s1. The summed E-state index contributed by atoms with van der Waals surface area (Å²) < 4.78 is 13.6. The Hall–Kier alpha value is -1.13. The number of halogens is 2. The van der Waals surface area contributed by atoms with Crippen LogP contribution in [0.1, 0.15) is 24.0 Å². The molecule has 16 heavy (non-hydrogen) atoms. The van der Waals surface area contributed by atoms with Crippen LogP contribution in [0.2, 0.25) is 5.02 Å². The van der Waals surface area contributed by atoms with Crippen molar-refractivity contribution >= 4 is 17.6 Å². The lowest BCUT2D eigenvalue weighted by Crippen LogP contribution is -2.36. The summed E-state index contributed by atoms with van der Waals surface area (Å²) in [5, 5.41) is 9.19. The predicted octanol–water partition coefficient (Wildman–Crippen LogP) is 2.30. The molecular formula is C11H13ClFNO2. The highest BCUT2D eigenvalue weighted by Gasteiger charge is 2.26. The van der Waals surface area contributed by atoms with Gasteiger partial charge in [-0.3, -0.25) is 4.79 Å². The molecule has 0 aliphatic rings. The number of rotatable bonds is 3. The third-order valence-electron chi connectivity index (χ3n) is 2.67. The molecule has 0 spiro atoms. The topological polar surface area (TPSA) is 63.3 Å². The molecular weight excluding hydrogens is 233 g/mol. The molecule has 1 aromatic rings. The van der Waals surface area contributed by atoms with Crippen molar-refractivity contribution in [3.05, 3.63) is 34.1 Å². The van der Waals surface area contributed by atoms with Crippen molar-refractivity contribution in [2.24, 2.45) is 5.73 Å². The van der Waals surface area contributed by atoms with E-state index in [4.69, 9.17) is 22.4 Å². The van der Waals surface area contributed by atoms with Crippen molar-refractivity contribution < 1.29 is 14.3 Å². The van der Waals surface area contributed by atoms with E-state index in [1.807, 2.05) is 0 Å². The van der Waals surface area contributed by atoms with Crippen LogP contribution in [-0.2, 0) is 4.79 Å². The molecule has 0 unspecified atom stereocenters. The molecule has 0 amide bonds. The number of carbonyl (C=O) groups is 1. The highest BCUT2D eigenvalue weighted by Crippen LogP contribution is 2.29. The van der Waals surface area contributed by atoms with Crippen LogP contribution in [0.3, 0.4) is 0 Å². The number of benzene rings is 1. The molecule has 0 aliphatic carbocycles. The van der Waals surface area contributed by atoms with Crippen molar-refractivity contribution in [2.45, 2.75) is 25.8 Å². The maximum atomic E-state index is 13.6. The maximum absolute atomic E-state index is 13.6. The molecule has 0 saturated heterocycles. The summed E-state index contributed by atoms with van der Waals surface area (Å²) in [4.78, 5) is 10.7. The first kappa shape index (κ1) is 12.9. The van der Waals surface area contributed by atoms with Crippen molar-refractivity contribution in [3.63, 3.8) is 0 Å². The minimum Gasteiger partial charge on any atom is -0.480 e.